The Labute approximate surface area is 92.6 Å². The first kappa shape index (κ1) is 10.5. The number of carbonyl (C=O) groups excluding carboxylic acids is 1. The number of nitrogens with zero attached hydrogens (tertiary/aromatic N) is 3. The van der Waals surface area contributed by atoms with Crippen LogP contribution < -0.4 is 5.32 Å². The predicted molar refractivity (Wildman–Crippen MR) is 57.9 cm³/mol. The molecule has 82 valence electrons. The highest BCUT2D eigenvalue weighted by molar-refractivity contribution is 7.03. The topological polar surface area (TPSA) is 58.1 Å². The van der Waals surface area contributed by atoms with Gasteiger partial charge in [0.15, 0.2) is 5.69 Å². The van der Waals surface area contributed by atoms with Gasteiger partial charge in [0.2, 0.25) is 0 Å². The molecule has 1 aromatic rings. The molecule has 0 aliphatic carbocycles. The number of hydrogen-bond donors (Lipinski definition) is 1. The first-order valence-electron chi connectivity index (χ1n) is 5.11. The number of rotatable bonds is 4. The Morgan fingerprint density at radius 1 is 1.73 bits per heavy atom. The second kappa shape index (κ2) is 4.67. The average molecular weight is 226 g/mol. The van der Waals surface area contributed by atoms with Crippen molar-refractivity contribution in [2.75, 3.05) is 19.6 Å². The minimum Gasteiger partial charge on any atom is -0.332 e. The van der Waals surface area contributed by atoms with Crippen LogP contribution in [0, 0.1) is 0 Å². The van der Waals surface area contributed by atoms with Gasteiger partial charge in [-0.05, 0) is 18.0 Å². The largest absolute Gasteiger partial charge is 0.332 e. The molecular weight excluding hydrogens is 212 g/mol. The van der Waals surface area contributed by atoms with Crippen molar-refractivity contribution >= 4 is 17.4 Å². The Bertz CT molecular complexity index is 323. The first-order valence-corrected chi connectivity index (χ1v) is 5.95. The van der Waals surface area contributed by atoms with E-state index in [4.69, 9.17) is 0 Å². The van der Waals surface area contributed by atoms with E-state index >= 15 is 0 Å². The molecule has 0 spiro atoms. The standard InChI is InChI=1S/C9H14N4OS/c1-2-3-13(7-4-10-5-7)9(14)8-6-15-12-11-8/h6-7,10H,2-5H2,1H3. The predicted octanol–water partition coefficient (Wildman–Crippen LogP) is 0.362. The molecule has 1 N–H and O–H groups in total. The van der Waals surface area contributed by atoms with Crippen LogP contribution >= 0.6 is 11.5 Å². The van der Waals surface area contributed by atoms with Crippen molar-refractivity contribution in [1.29, 1.82) is 0 Å². The number of nitrogens with one attached hydrogen (secondary N) is 1. The molecule has 0 saturated carbocycles. The van der Waals surface area contributed by atoms with Crippen LogP contribution in [-0.2, 0) is 0 Å². The average Bonchev–Trinajstić information content (AvgIpc) is 2.66. The molecule has 15 heavy (non-hydrogen) atoms. The third-order valence-corrected chi connectivity index (χ3v) is 3.01. The lowest BCUT2D eigenvalue weighted by molar-refractivity contribution is 0.0609. The zero-order valence-corrected chi connectivity index (χ0v) is 9.46. The molecule has 5 nitrogen and oxygen atoms in total. The summed E-state index contributed by atoms with van der Waals surface area (Å²) >= 11 is 1.22. The van der Waals surface area contributed by atoms with E-state index in [2.05, 4.69) is 21.8 Å². The lowest BCUT2D eigenvalue weighted by atomic mass is 10.1. The summed E-state index contributed by atoms with van der Waals surface area (Å²) in [6, 6.07) is 0.333. The summed E-state index contributed by atoms with van der Waals surface area (Å²) in [5.74, 6) is 0.0112. The van der Waals surface area contributed by atoms with Crippen molar-refractivity contribution in [3.8, 4) is 0 Å². The summed E-state index contributed by atoms with van der Waals surface area (Å²) in [4.78, 5) is 13.9. The monoisotopic (exact) mass is 226 g/mol. The van der Waals surface area contributed by atoms with Crippen molar-refractivity contribution < 1.29 is 4.79 Å². The van der Waals surface area contributed by atoms with Gasteiger partial charge in [-0.1, -0.05) is 11.4 Å². The Hall–Kier alpha value is -1.01. The molecular formula is C9H14N4OS. The summed E-state index contributed by atoms with van der Waals surface area (Å²) < 4.78 is 3.72. The highest BCUT2D eigenvalue weighted by atomic mass is 32.1. The minimum atomic E-state index is 0.0112. The second-order valence-corrected chi connectivity index (χ2v) is 4.21. The molecule has 0 unspecified atom stereocenters. The van der Waals surface area contributed by atoms with Gasteiger partial charge in [0.1, 0.15) is 0 Å². The van der Waals surface area contributed by atoms with Gasteiger partial charge in [0.05, 0.1) is 6.04 Å². The Kier molecular flexibility index (Phi) is 3.27. The lowest BCUT2D eigenvalue weighted by Gasteiger charge is -2.37. The Morgan fingerprint density at radius 3 is 3.00 bits per heavy atom. The van der Waals surface area contributed by atoms with Crippen molar-refractivity contribution in [3.05, 3.63) is 11.1 Å². The molecule has 0 aromatic carbocycles. The molecule has 1 fully saturated rings. The molecule has 1 aromatic heterocycles. The zero-order valence-electron chi connectivity index (χ0n) is 8.64. The molecule has 1 aliphatic heterocycles. The van der Waals surface area contributed by atoms with Crippen LogP contribution in [0.1, 0.15) is 23.8 Å². The number of amides is 1. The summed E-state index contributed by atoms with van der Waals surface area (Å²) in [5, 5.41) is 8.70. The number of carbonyl (C=O) groups is 1. The third-order valence-electron chi connectivity index (χ3n) is 2.51. The van der Waals surface area contributed by atoms with Gasteiger partial charge in [-0.2, -0.15) is 0 Å². The van der Waals surface area contributed by atoms with Gasteiger partial charge in [-0.15, -0.1) is 5.10 Å². The van der Waals surface area contributed by atoms with Crippen molar-refractivity contribution in [2.45, 2.75) is 19.4 Å². The molecule has 1 amide bonds. The minimum absolute atomic E-state index is 0.0112. The number of aromatic nitrogens is 2. The van der Waals surface area contributed by atoms with Crippen LogP contribution in [0.4, 0.5) is 0 Å². The second-order valence-electron chi connectivity index (χ2n) is 3.60. The Morgan fingerprint density at radius 2 is 2.53 bits per heavy atom. The molecule has 6 heteroatoms. The van der Waals surface area contributed by atoms with Gasteiger partial charge < -0.3 is 10.2 Å². The highest BCUT2D eigenvalue weighted by Crippen LogP contribution is 2.11. The normalized spacial score (nSPS) is 16.1. The highest BCUT2D eigenvalue weighted by Gasteiger charge is 2.29. The van der Waals surface area contributed by atoms with E-state index in [1.54, 1.807) is 5.38 Å². The van der Waals surface area contributed by atoms with E-state index in [1.165, 1.54) is 11.5 Å². The maximum atomic E-state index is 12.0. The summed E-state index contributed by atoms with van der Waals surface area (Å²) in [5.41, 5.74) is 0.473. The molecule has 0 atom stereocenters. The fourth-order valence-electron chi connectivity index (χ4n) is 1.59. The molecule has 2 rings (SSSR count). The molecule has 0 radical (unpaired) electrons. The first-order chi connectivity index (χ1) is 7.33. The SMILES string of the molecule is CCCN(C(=O)c1csnn1)C1CNC1. The lowest BCUT2D eigenvalue weighted by Crippen LogP contribution is -2.59. The van der Waals surface area contributed by atoms with E-state index in [9.17, 15) is 4.79 Å². The summed E-state index contributed by atoms with van der Waals surface area (Å²) in [6.45, 7) is 4.65. The molecule has 0 bridgehead atoms. The van der Waals surface area contributed by atoms with Crippen LogP contribution in [0.3, 0.4) is 0 Å². The van der Waals surface area contributed by atoms with E-state index in [0.29, 0.717) is 11.7 Å². The number of hydrogen-bond acceptors (Lipinski definition) is 5. The summed E-state index contributed by atoms with van der Waals surface area (Å²) in [7, 11) is 0. The molecule has 1 saturated heterocycles. The van der Waals surface area contributed by atoms with Crippen LogP contribution in [0.2, 0.25) is 0 Å². The molecule has 2 heterocycles. The van der Waals surface area contributed by atoms with Gasteiger partial charge in [-0.3, -0.25) is 4.79 Å². The zero-order chi connectivity index (χ0) is 10.7. The van der Waals surface area contributed by atoms with E-state index in [0.717, 1.165) is 26.1 Å². The van der Waals surface area contributed by atoms with Crippen LogP contribution in [0.25, 0.3) is 0 Å². The van der Waals surface area contributed by atoms with Crippen molar-refractivity contribution in [3.63, 3.8) is 0 Å². The van der Waals surface area contributed by atoms with Gasteiger partial charge in [-0.25, -0.2) is 0 Å². The summed E-state index contributed by atoms with van der Waals surface area (Å²) in [6.07, 6.45) is 0.972. The van der Waals surface area contributed by atoms with E-state index in [1.807, 2.05) is 4.90 Å². The fraction of sp³-hybridized carbons (Fsp3) is 0.667. The van der Waals surface area contributed by atoms with E-state index < -0.39 is 0 Å². The maximum Gasteiger partial charge on any atom is 0.275 e. The van der Waals surface area contributed by atoms with Crippen LogP contribution in [0.15, 0.2) is 5.38 Å². The van der Waals surface area contributed by atoms with Gasteiger partial charge in [0, 0.05) is 25.0 Å². The van der Waals surface area contributed by atoms with Gasteiger partial charge >= 0.3 is 0 Å². The molecule has 1 aliphatic rings. The Balaban J connectivity index is 2.06. The van der Waals surface area contributed by atoms with E-state index in [-0.39, 0.29) is 5.91 Å². The van der Waals surface area contributed by atoms with Crippen LogP contribution in [0.5, 0.6) is 0 Å². The maximum absolute atomic E-state index is 12.0. The van der Waals surface area contributed by atoms with Crippen LogP contribution in [-0.4, -0.2) is 46.1 Å². The quantitative estimate of drug-likeness (QED) is 0.805. The van der Waals surface area contributed by atoms with Crippen molar-refractivity contribution in [1.82, 2.24) is 19.8 Å². The third kappa shape index (κ3) is 2.15. The fourth-order valence-corrected chi connectivity index (χ4v) is 2.02. The van der Waals surface area contributed by atoms with Crippen molar-refractivity contribution in [2.24, 2.45) is 0 Å². The van der Waals surface area contributed by atoms with Gasteiger partial charge in [0.25, 0.3) is 5.91 Å². The smallest absolute Gasteiger partial charge is 0.275 e.